The molecule has 1 saturated heterocycles. The maximum atomic E-state index is 13.0. The van der Waals surface area contributed by atoms with Gasteiger partial charge in [0, 0.05) is 6.61 Å². The topological polar surface area (TPSA) is 99.1 Å². The van der Waals surface area contributed by atoms with Gasteiger partial charge < -0.3 is 19.3 Å². The molecule has 8 atom stereocenters. The molecule has 0 aromatic heterocycles. The van der Waals surface area contributed by atoms with Gasteiger partial charge in [0.25, 0.3) is 0 Å². The first-order chi connectivity index (χ1) is 18.4. The van der Waals surface area contributed by atoms with Crippen LogP contribution in [-0.2, 0) is 28.6 Å². The second kappa shape index (κ2) is 15.6. The molecule has 1 heterocycles. The summed E-state index contributed by atoms with van der Waals surface area (Å²) >= 11 is 0. The molecule has 8 unspecified atom stereocenters. The van der Waals surface area contributed by atoms with Crippen molar-refractivity contribution in [3.63, 3.8) is 0 Å². The van der Waals surface area contributed by atoms with E-state index in [0.29, 0.717) is 24.9 Å². The van der Waals surface area contributed by atoms with E-state index in [9.17, 15) is 19.5 Å². The minimum absolute atomic E-state index is 0. The van der Waals surface area contributed by atoms with Gasteiger partial charge in [0.2, 0.25) is 0 Å². The molecule has 7 fully saturated rings. The fourth-order valence-electron chi connectivity index (χ4n) is 10.5. The second-order valence-corrected chi connectivity index (χ2v) is 15.2. The summed E-state index contributed by atoms with van der Waals surface area (Å²) in [5.41, 5.74) is -1.08. The average Bonchev–Trinajstić information content (AvgIpc) is 3.49. The molecule has 7 nitrogen and oxygen atoms in total. The van der Waals surface area contributed by atoms with Crippen LogP contribution in [-0.4, -0.2) is 46.9 Å². The van der Waals surface area contributed by atoms with Gasteiger partial charge in [-0.1, -0.05) is 51.5 Å². The molecule has 7 aliphatic rings. The Kier molecular flexibility index (Phi) is 15.1. The van der Waals surface area contributed by atoms with Crippen molar-refractivity contribution in [2.75, 3.05) is 6.61 Å². The SMILES string of the molecule is C.C.C.C.C.C.CC(OCCCC1(O)C2CC3CC(C2)CC1C3)C1C(=O)OC(=O)C1C1C2CC(C(=O)OC(C)(C)C)C(C2)C1C. The van der Waals surface area contributed by atoms with Crippen LogP contribution in [0, 0.1) is 65.1 Å². The Bertz CT molecular complexity index is 969. The van der Waals surface area contributed by atoms with Crippen molar-refractivity contribution < 1.29 is 33.7 Å². The predicted molar refractivity (Wildman–Crippen MR) is 183 cm³/mol. The monoisotopic (exact) mass is 641 g/mol. The molecular formula is C38H72O7. The first-order valence-corrected chi connectivity index (χ1v) is 15.7. The van der Waals surface area contributed by atoms with E-state index in [-0.39, 0.29) is 80.1 Å². The molecule has 7 heteroatoms. The lowest BCUT2D eigenvalue weighted by molar-refractivity contribution is -0.178. The minimum Gasteiger partial charge on any atom is -0.460 e. The number of fused-ring (bicyclic) bond motifs is 2. The van der Waals surface area contributed by atoms with Gasteiger partial charge in [-0.05, 0) is 133 Å². The number of esters is 3. The molecule has 0 aromatic carbocycles. The third-order valence-electron chi connectivity index (χ3n) is 11.9. The second-order valence-electron chi connectivity index (χ2n) is 15.2. The number of carbonyl (C=O) groups is 3. The molecule has 0 amide bonds. The smallest absolute Gasteiger partial charge is 0.320 e. The lowest BCUT2D eigenvalue weighted by Gasteiger charge is -2.59. The van der Waals surface area contributed by atoms with E-state index in [1.807, 2.05) is 27.7 Å². The average molecular weight is 641 g/mol. The number of cyclic esters (lactones) is 2. The fraction of sp³-hybridized carbons (Fsp3) is 0.921. The molecule has 1 N–H and O–H groups in total. The number of ether oxygens (including phenoxy) is 3. The van der Waals surface area contributed by atoms with Crippen LogP contribution in [0.1, 0.15) is 137 Å². The molecule has 0 aromatic rings. The molecule has 1 aliphatic heterocycles. The van der Waals surface area contributed by atoms with Gasteiger partial charge in [-0.25, -0.2) is 0 Å². The molecule has 0 spiro atoms. The van der Waals surface area contributed by atoms with E-state index >= 15 is 0 Å². The summed E-state index contributed by atoms with van der Waals surface area (Å²) in [4.78, 5) is 38.8. The molecule has 0 radical (unpaired) electrons. The standard InChI is InChI=1S/C32H48O7.6CH4/c1-16-23-14-20(15-24(23)28(33)39-31(3,4)5)25(16)27-26(29(34)38-30(27)35)17(2)37-8-6-7-32(36)21-10-18-9-19(12-21)13-22(32)11-18;;;;;;/h16-27,36H,6-15H2,1-5H3;6*1H4. The molecule has 6 aliphatic carbocycles. The maximum absolute atomic E-state index is 13.0. The van der Waals surface area contributed by atoms with E-state index in [1.165, 1.54) is 32.1 Å². The fourth-order valence-corrected chi connectivity index (χ4v) is 10.5. The van der Waals surface area contributed by atoms with Crippen molar-refractivity contribution in [1.29, 1.82) is 0 Å². The molecular weight excluding hydrogens is 568 g/mol. The third kappa shape index (κ3) is 7.66. The summed E-state index contributed by atoms with van der Waals surface area (Å²) in [6.07, 6.45) is 8.73. The number of rotatable bonds is 8. The summed E-state index contributed by atoms with van der Waals surface area (Å²) < 4.78 is 17.1. The van der Waals surface area contributed by atoms with Crippen LogP contribution in [0.2, 0.25) is 0 Å². The predicted octanol–water partition coefficient (Wildman–Crippen LogP) is 8.74. The van der Waals surface area contributed by atoms with Crippen LogP contribution in [0.25, 0.3) is 0 Å². The van der Waals surface area contributed by atoms with E-state index in [0.717, 1.165) is 31.1 Å². The first kappa shape index (κ1) is 43.5. The summed E-state index contributed by atoms with van der Waals surface area (Å²) in [5.74, 6) is 0.683. The molecule has 45 heavy (non-hydrogen) atoms. The third-order valence-corrected chi connectivity index (χ3v) is 11.9. The van der Waals surface area contributed by atoms with Crippen LogP contribution >= 0.6 is 0 Å². The van der Waals surface area contributed by atoms with Crippen molar-refractivity contribution in [2.45, 2.75) is 154 Å². The van der Waals surface area contributed by atoms with Crippen molar-refractivity contribution in [3.8, 4) is 0 Å². The van der Waals surface area contributed by atoms with E-state index in [1.54, 1.807) is 0 Å². The Morgan fingerprint density at radius 2 is 1.47 bits per heavy atom. The zero-order valence-corrected chi connectivity index (χ0v) is 24.4. The van der Waals surface area contributed by atoms with E-state index in [2.05, 4.69) is 6.92 Å². The number of hydrogen-bond donors (Lipinski definition) is 1. The van der Waals surface area contributed by atoms with Crippen LogP contribution in [0.4, 0.5) is 0 Å². The van der Waals surface area contributed by atoms with Gasteiger partial charge in [0.15, 0.2) is 0 Å². The van der Waals surface area contributed by atoms with Gasteiger partial charge >= 0.3 is 17.9 Å². The Morgan fingerprint density at radius 3 is 1.98 bits per heavy atom. The van der Waals surface area contributed by atoms with Crippen molar-refractivity contribution in [3.05, 3.63) is 0 Å². The molecule has 266 valence electrons. The van der Waals surface area contributed by atoms with Crippen molar-refractivity contribution >= 4 is 17.9 Å². The zero-order valence-electron chi connectivity index (χ0n) is 24.4. The lowest BCUT2D eigenvalue weighted by atomic mass is 9.49. The van der Waals surface area contributed by atoms with Crippen LogP contribution < -0.4 is 0 Å². The Morgan fingerprint density at radius 1 is 0.911 bits per heavy atom. The summed E-state index contributed by atoms with van der Waals surface area (Å²) in [5, 5.41) is 11.6. The van der Waals surface area contributed by atoms with Crippen LogP contribution in [0.15, 0.2) is 0 Å². The summed E-state index contributed by atoms with van der Waals surface area (Å²) in [7, 11) is 0. The first-order valence-electron chi connectivity index (χ1n) is 15.7. The zero-order chi connectivity index (χ0) is 27.9. The van der Waals surface area contributed by atoms with Crippen LogP contribution in [0.3, 0.4) is 0 Å². The highest BCUT2D eigenvalue weighted by molar-refractivity contribution is 5.97. The minimum atomic E-state index is -0.617. The highest BCUT2D eigenvalue weighted by Gasteiger charge is 2.62. The highest BCUT2D eigenvalue weighted by atomic mass is 16.6. The van der Waals surface area contributed by atoms with Crippen molar-refractivity contribution in [2.24, 2.45) is 65.1 Å². The largest absolute Gasteiger partial charge is 0.460 e. The van der Waals surface area contributed by atoms with Gasteiger partial charge in [-0.15, -0.1) is 0 Å². The molecule has 7 rings (SSSR count). The van der Waals surface area contributed by atoms with Gasteiger partial charge in [0.05, 0.1) is 29.5 Å². The molecule has 6 saturated carbocycles. The normalized spacial score (nSPS) is 40.8. The van der Waals surface area contributed by atoms with E-state index in [4.69, 9.17) is 14.2 Å². The number of hydrogen-bond acceptors (Lipinski definition) is 7. The van der Waals surface area contributed by atoms with Gasteiger partial charge in [-0.2, -0.15) is 0 Å². The Labute approximate surface area is 277 Å². The number of aliphatic hydroxyl groups is 1. The van der Waals surface area contributed by atoms with Gasteiger partial charge in [0.1, 0.15) is 5.60 Å². The van der Waals surface area contributed by atoms with E-state index < -0.39 is 41.1 Å². The van der Waals surface area contributed by atoms with Gasteiger partial charge in [-0.3, -0.25) is 14.4 Å². The number of carbonyl (C=O) groups excluding carboxylic acids is 3. The Balaban J connectivity index is 0.00000323. The van der Waals surface area contributed by atoms with Crippen molar-refractivity contribution in [1.82, 2.24) is 0 Å². The summed E-state index contributed by atoms with van der Waals surface area (Å²) in [6, 6.07) is 0. The highest BCUT2D eigenvalue weighted by Crippen LogP contribution is 2.61. The Hall–Kier alpha value is -1.47. The maximum Gasteiger partial charge on any atom is 0.320 e. The molecule has 6 bridgehead atoms. The van der Waals surface area contributed by atoms with Crippen LogP contribution in [0.5, 0.6) is 0 Å². The lowest BCUT2D eigenvalue weighted by Crippen LogP contribution is -2.57. The quantitative estimate of drug-likeness (QED) is 0.161. The summed E-state index contributed by atoms with van der Waals surface area (Å²) in [6.45, 7) is 10.1.